The molecule has 0 bridgehead atoms. The number of fused-ring (bicyclic) bond motifs is 1. The Hall–Kier alpha value is -3.72. The van der Waals surface area contributed by atoms with Crippen LogP contribution in [0.25, 0.3) is 11.0 Å². The maximum atomic E-state index is 12.9. The van der Waals surface area contributed by atoms with Crippen LogP contribution < -0.4 is 9.04 Å². The summed E-state index contributed by atoms with van der Waals surface area (Å²) in [6, 6.07) is 14.8. The van der Waals surface area contributed by atoms with Crippen molar-refractivity contribution >= 4 is 32.7 Å². The molecular formula is C24H24N4O4S. The summed E-state index contributed by atoms with van der Waals surface area (Å²) in [5.41, 5.74) is 2.42. The molecule has 0 aliphatic heterocycles. The molecule has 0 unspecified atom stereocenters. The number of hydrogen-bond donors (Lipinski definition) is 0. The van der Waals surface area contributed by atoms with Crippen LogP contribution in [-0.2, 0) is 10.0 Å². The van der Waals surface area contributed by atoms with Gasteiger partial charge in [-0.25, -0.2) is 22.9 Å². The summed E-state index contributed by atoms with van der Waals surface area (Å²) in [7, 11) is -2.22. The number of rotatable bonds is 6. The van der Waals surface area contributed by atoms with Gasteiger partial charge in [0.05, 0.1) is 22.3 Å². The third-order valence-electron chi connectivity index (χ3n) is 5.25. The highest BCUT2D eigenvalue weighted by molar-refractivity contribution is 7.92. The molecule has 33 heavy (non-hydrogen) atoms. The Balaban J connectivity index is 1.49. The van der Waals surface area contributed by atoms with Crippen molar-refractivity contribution in [1.29, 1.82) is 0 Å². The number of anilines is 1. The number of aromatic nitrogens is 3. The second-order valence-corrected chi connectivity index (χ2v) is 9.96. The van der Waals surface area contributed by atoms with Gasteiger partial charge in [-0.3, -0.25) is 4.31 Å². The lowest BCUT2D eigenvalue weighted by Crippen LogP contribution is -2.26. The van der Waals surface area contributed by atoms with Gasteiger partial charge in [0.25, 0.3) is 10.0 Å². The van der Waals surface area contributed by atoms with E-state index in [0.717, 1.165) is 10.9 Å². The van der Waals surface area contributed by atoms with Gasteiger partial charge in [-0.15, -0.1) is 0 Å². The molecule has 170 valence electrons. The Morgan fingerprint density at radius 2 is 1.70 bits per heavy atom. The molecule has 0 aliphatic rings. The van der Waals surface area contributed by atoms with Gasteiger partial charge in [0.1, 0.15) is 5.75 Å². The lowest BCUT2D eigenvalue weighted by molar-refractivity contribution is 0.0734. The molecule has 4 aromatic rings. The summed E-state index contributed by atoms with van der Waals surface area (Å²) in [4.78, 5) is 17.1. The molecule has 0 saturated heterocycles. The lowest BCUT2D eigenvalue weighted by Gasteiger charge is -2.20. The summed E-state index contributed by atoms with van der Waals surface area (Å²) in [6.45, 7) is 5.90. The number of esters is 1. The molecule has 2 aromatic heterocycles. The Morgan fingerprint density at radius 1 is 1.03 bits per heavy atom. The quantitative estimate of drug-likeness (QED) is 0.311. The Labute approximate surface area is 192 Å². The molecule has 0 spiro atoms. The Kier molecular flexibility index (Phi) is 5.90. The molecule has 2 aromatic carbocycles. The first-order valence-electron chi connectivity index (χ1n) is 10.4. The molecule has 0 saturated carbocycles. The van der Waals surface area contributed by atoms with E-state index in [9.17, 15) is 13.2 Å². The van der Waals surface area contributed by atoms with Crippen molar-refractivity contribution in [1.82, 2.24) is 14.8 Å². The molecule has 0 aliphatic carbocycles. The predicted molar refractivity (Wildman–Crippen MR) is 126 cm³/mol. The van der Waals surface area contributed by atoms with Crippen molar-refractivity contribution in [3.63, 3.8) is 0 Å². The first-order chi connectivity index (χ1) is 15.7. The summed E-state index contributed by atoms with van der Waals surface area (Å²) in [5, 5.41) is 5.05. The van der Waals surface area contributed by atoms with E-state index in [0.29, 0.717) is 22.6 Å². The highest BCUT2D eigenvalue weighted by Gasteiger charge is 2.21. The molecule has 9 heteroatoms. The van der Waals surface area contributed by atoms with Crippen molar-refractivity contribution in [2.24, 2.45) is 0 Å². The van der Waals surface area contributed by atoms with Crippen molar-refractivity contribution in [2.45, 2.75) is 31.7 Å². The number of sulfonamides is 1. The fourth-order valence-electron chi connectivity index (χ4n) is 3.33. The number of carbonyl (C=O) groups excluding carboxylic acids is 1. The molecular weight excluding hydrogens is 440 g/mol. The second-order valence-electron chi connectivity index (χ2n) is 7.99. The number of pyridine rings is 1. The smallest absolute Gasteiger partial charge is 0.345 e. The minimum absolute atomic E-state index is 0.152. The van der Waals surface area contributed by atoms with Crippen molar-refractivity contribution in [3.05, 3.63) is 78.1 Å². The van der Waals surface area contributed by atoms with E-state index in [1.54, 1.807) is 65.5 Å². The van der Waals surface area contributed by atoms with Crippen molar-refractivity contribution in [2.75, 3.05) is 11.4 Å². The van der Waals surface area contributed by atoms with Crippen LogP contribution in [0.5, 0.6) is 5.75 Å². The number of ether oxygens (including phenoxy) is 1. The number of aryl methyl sites for hydroxylation is 1. The molecule has 0 N–H and O–H groups in total. The summed E-state index contributed by atoms with van der Waals surface area (Å²) < 4.78 is 34.2. The first kappa shape index (κ1) is 22.5. The topological polar surface area (TPSA) is 94.4 Å². The minimum atomic E-state index is -3.70. The third-order valence-corrected chi connectivity index (χ3v) is 7.05. The van der Waals surface area contributed by atoms with E-state index in [4.69, 9.17) is 4.74 Å². The van der Waals surface area contributed by atoms with Crippen LogP contribution in [0.15, 0.2) is 71.9 Å². The predicted octanol–water partition coefficient (Wildman–Crippen LogP) is 4.36. The zero-order valence-corrected chi connectivity index (χ0v) is 19.6. The number of nitrogens with zero attached hydrogens (tertiary/aromatic N) is 4. The van der Waals surface area contributed by atoms with Gasteiger partial charge in [-0.05, 0) is 63.2 Å². The van der Waals surface area contributed by atoms with Gasteiger partial charge >= 0.3 is 5.97 Å². The Morgan fingerprint density at radius 3 is 2.33 bits per heavy atom. The molecule has 8 nitrogen and oxygen atoms in total. The van der Waals surface area contributed by atoms with E-state index in [1.165, 1.54) is 17.5 Å². The maximum absolute atomic E-state index is 12.9. The summed E-state index contributed by atoms with van der Waals surface area (Å²) in [6.07, 6.45) is 3.12. The summed E-state index contributed by atoms with van der Waals surface area (Å²) in [5.74, 6) is -0.266. The van der Waals surface area contributed by atoms with E-state index < -0.39 is 16.0 Å². The lowest BCUT2D eigenvalue weighted by atomic mass is 10.2. The number of hydrogen-bond acceptors (Lipinski definition) is 6. The van der Waals surface area contributed by atoms with Crippen molar-refractivity contribution < 1.29 is 17.9 Å². The normalized spacial score (nSPS) is 11.7. The van der Waals surface area contributed by atoms with Crippen LogP contribution in [0.1, 0.15) is 35.8 Å². The van der Waals surface area contributed by atoms with E-state index in [-0.39, 0.29) is 10.9 Å². The summed E-state index contributed by atoms with van der Waals surface area (Å²) >= 11 is 0. The molecule has 0 atom stereocenters. The van der Waals surface area contributed by atoms with E-state index in [1.807, 2.05) is 20.8 Å². The van der Waals surface area contributed by atoms with Gasteiger partial charge < -0.3 is 4.74 Å². The fourth-order valence-corrected chi connectivity index (χ4v) is 4.52. The van der Waals surface area contributed by atoms with Crippen LogP contribution in [0.2, 0.25) is 0 Å². The zero-order valence-electron chi connectivity index (χ0n) is 18.8. The largest absolute Gasteiger partial charge is 0.423 e. The standard InChI is InChI=1S/C24H24N4O4S/c1-16(2)28-23-18(15-26-28)13-19(14-25-23)24(29)32-21-9-7-20(8-10-21)27(4)33(30,31)22-11-5-17(3)6-12-22/h5-16H,1-4H3. The van der Waals surface area contributed by atoms with Gasteiger partial charge in [0.2, 0.25) is 0 Å². The number of carbonyl (C=O) groups is 1. The highest BCUT2D eigenvalue weighted by atomic mass is 32.2. The van der Waals surface area contributed by atoms with Crippen LogP contribution in [0, 0.1) is 6.92 Å². The highest BCUT2D eigenvalue weighted by Crippen LogP contribution is 2.25. The minimum Gasteiger partial charge on any atom is -0.423 e. The second kappa shape index (κ2) is 8.67. The average molecular weight is 465 g/mol. The van der Waals surface area contributed by atoms with Crippen LogP contribution in [-0.4, -0.2) is 36.2 Å². The van der Waals surface area contributed by atoms with E-state index in [2.05, 4.69) is 10.1 Å². The molecule has 0 amide bonds. The van der Waals surface area contributed by atoms with Gasteiger partial charge in [0, 0.05) is 24.7 Å². The molecule has 0 fully saturated rings. The van der Waals surface area contributed by atoms with Crippen molar-refractivity contribution in [3.8, 4) is 5.75 Å². The van der Waals surface area contributed by atoms with Gasteiger partial charge in [-0.1, -0.05) is 17.7 Å². The van der Waals surface area contributed by atoms with E-state index >= 15 is 0 Å². The molecule has 4 rings (SSSR count). The monoisotopic (exact) mass is 464 g/mol. The Bertz CT molecular complexity index is 1410. The van der Waals surface area contributed by atoms with Crippen LogP contribution in [0.4, 0.5) is 5.69 Å². The van der Waals surface area contributed by atoms with Gasteiger partial charge in [0.15, 0.2) is 5.65 Å². The third kappa shape index (κ3) is 4.45. The zero-order chi connectivity index (χ0) is 23.8. The van der Waals surface area contributed by atoms with Crippen LogP contribution in [0.3, 0.4) is 0 Å². The molecule has 0 radical (unpaired) electrons. The maximum Gasteiger partial charge on any atom is 0.345 e. The fraction of sp³-hybridized carbons (Fsp3) is 0.208. The SMILES string of the molecule is Cc1ccc(S(=O)(=O)N(C)c2ccc(OC(=O)c3cnc4c(cnn4C(C)C)c3)cc2)cc1. The molecule has 2 heterocycles. The van der Waals surface area contributed by atoms with Gasteiger partial charge in [-0.2, -0.15) is 5.10 Å². The number of benzene rings is 2. The average Bonchev–Trinajstić information content (AvgIpc) is 3.23. The van der Waals surface area contributed by atoms with Crippen LogP contribution >= 0.6 is 0 Å². The first-order valence-corrected chi connectivity index (χ1v) is 11.8.